The van der Waals surface area contributed by atoms with Crippen molar-refractivity contribution in [1.82, 2.24) is 4.98 Å². The number of benzene rings is 1. The van der Waals surface area contributed by atoms with Crippen molar-refractivity contribution in [2.45, 2.75) is 0 Å². The Morgan fingerprint density at radius 1 is 1.37 bits per heavy atom. The number of nitrogens with one attached hydrogen (secondary N) is 2. The highest BCUT2D eigenvalue weighted by molar-refractivity contribution is 9.10. The van der Waals surface area contributed by atoms with E-state index in [9.17, 15) is 4.79 Å². The monoisotopic (exact) mass is 340 g/mol. The largest absolute Gasteiger partial charge is 0.323 e. The molecule has 0 bridgehead atoms. The second-order valence-electron chi connectivity index (χ2n) is 3.65. The average Bonchev–Trinajstić information content (AvgIpc) is 2.43. The zero-order chi connectivity index (χ0) is 13.8. The lowest BCUT2D eigenvalue weighted by molar-refractivity contribution is 0.102. The smallest absolute Gasteiger partial charge is 0.259 e. The third-order valence-electron chi connectivity index (χ3n) is 2.40. The van der Waals surface area contributed by atoms with Gasteiger partial charge in [-0.2, -0.15) is 0 Å². The quantitative estimate of drug-likeness (QED) is 0.592. The average molecular weight is 342 g/mol. The van der Waals surface area contributed by atoms with Crippen molar-refractivity contribution in [3.05, 3.63) is 51.7 Å². The summed E-state index contributed by atoms with van der Waals surface area (Å²) in [6.45, 7) is 0. The maximum Gasteiger partial charge on any atom is 0.259 e. The lowest BCUT2D eigenvalue weighted by Crippen LogP contribution is -2.17. The number of nitrogens with zero attached hydrogens (tertiary/aromatic N) is 1. The molecule has 0 radical (unpaired) electrons. The number of carbonyl (C=O) groups excluding carboxylic acids is 1. The van der Waals surface area contributed by atoms with Crippen LogP contribution < -0.4 is 16.6 Å². The molecule has 7 heteroatoms. The molecule has 1 aromatic heterocycles. The molecule has 19 heavy (non-hydrogen) atoms. The Labute approximate surface area is 123 Å². The van der Waals surface area contributed by atoms with Gasteiger partial charge in [0.05, 0.1) is 16.3 Å². The molecule has 2 rings (SSSR count). The number of nitrogens with two attached hydrogens (primary N) is 1. The second-order valence-corrected chi connectivity index (χ2v) is 4.91. The molecule has 0 saturated carbocycles. The summed E-state index contributed by atoms with van der Waals surface area (Å²) in [5.74, 6) is 5.03. The number of aromatic nitrogens is 1. The maximum atomic E-state index is 12.1. The van der Waals surface area contributed by atoms with E-state index < -0.39 is 0 Å². The van der Waals surface area contributed by atoms with Crippen molar-refractivity contribution in [3.8, 4) is 0 Å². The van der Waals surface area contributed by atoms with E-state index in [-0.39, 0.29) is 5.91 Å². The number of hydrazine groups is 1. The summed E-state index contributed by atoms with van der Waals surface area (Å²) in [5, 5.41) is 3.31. The molecule has 1 amide bonds. The van der Waals surface area contributed by atoms with Crippen LogP contribution in [0.2, 0.25) is 5.02 Å². The lowest BCUT2D eigenvalue weighted by Gasteiger charge is -2.09. The van der Waals surface area contributed by atoms with Gasteiger partial charge in [-0.25, -0.2) is 0 Å². The Kier molecular flexibility index (Phi) is 4.36. The van der Waals surface area contributed by atoms with Crippen LogP contribution in [0.5, 0.6) is 0 Å². The van der Waals surface area contributed by atoms with Crippen molar-refractivity contribution in [3.63, 3.8) is 0 Å². The predicted octanol–water partition coefficient (Wildman–Crippen LogP) is 3.04. The van der Waals surface area contributed by atoms with Gasteiger partial charge in [0.1, 0.15) is 0 Å². The van der Waals surface area contributed by atoms with Crippen molar-refractivity contribution in [1.29, 1.82) is 0 Å². The van der Waals surface area contributed by atoms with Gasteiger partial charge in [0.15, 0.2) is 0 Å². The minimum absolute atomic E-state index is 0.310. The summed E-state index contributed by atoms with van der Waals surface area (Å²) in [4.78, 5) is 16.0. The van der Waals surface area contributed by atoms with Crippen LogP contribution >= 0.6 is 27.5 Å². The van der Waals surface area contributed by atoms with Crippen molar-refractivity contribution >= 4 is 44.8 Å². The van der Waals surface area contributed by atoms with E-state index in [4.69, 9.17) is 17.4 Å². The third kappa shape index (κ3) is 3.23. The summed E-state index contributed by atoms with van der Waals surface area (Å²) in [6.07, 6.45) is 2.99. The van der Waals surface area contributed by atoms with Gasteiger partial charge >= 0.3 is 0 Å². The molecule has 0 aliphatic rings. The van der Waals surface area contributed by atoms with Gasteiger partial charge in [-0.05, 0) is 40.2 Å². The molecule has 0 unspecified atom stereocenters. The Bertz CT molecular complexity index is 620. The first-order valence-electron chi connectivity index (χ1n) is 5.29. The van der Waals surface area contributed by atoms with Crippen LogP contribution in [0.1, 0.15) is 10.4 Å². The molecule has 98 valence electrons. The minimum Gasteiger partial charge on any atom is -0.323 e. The van der Waals surface area contributed by atoms with Gasteiger partial charge in [0, 0.05) is 22.6 Å². The number of halogens is 2. The van der Waals surface area contributed by atoms with Gasteiger partial charge in [0.2, 0.25) is 0 Å². The summed E-state index contributed by atoms with van der Waals surface area (Å²) < 4.78 is 0.704. The van der Waals surface area contributed by atoms with Gasteiger partial charge in [-0.15, -0.1) is 0 Å². The molecule has 4 N–H and O–H groups in total. The number of hydrogen-bond acceptors (Lipinski definition) is 4. The molecule has 5 nitrogen and oxygen atoms in total. The molecule has 0 spiro atoms. The Hall–Kier alpha value is -1.63. The minimum atomic E-state index is -0.310. The van der Waals surface area contributed by atoms with Crippen LogP contribution in [0, 0.1) is 0 Å². The number of carbonyl (C=O) groups is 1. The van der Waals surface area contributed by atoms with Gasteiger partial charge in [-0.1, -0.05) is 11.6 Å². The number of amides is 1. The Balaban J connectivity index is 2.23. The molecule has 0 aliphatic carbocycles. The molecular formula is C12H10BrClN4O. The molecule has 0 atom stereocenters. The van der Waals surface area contributed by atoms with Crippen molar-refractivity contribution in [2.75, 3.05) is 10.7 Å². The fourth-order valence-corrected chi connectivity index (χ4v) is 1.97. The van der Waals surface area contributed by atoms with E-state index in [1.54, 1.807) is 30.5 Å². The molecular weight excluding hydrogens is 332 g/mol. The topological polar surface area (TPSA) is 80.0 Å². The summed E-state index contributed by atoms with van der Waals surface area (Å²) in [5.41, 5.74) is 3.93. The number of hydrogen-bond donors (Lipinski definition) is 3. The summed E-state index contributed by atoms with van der Waals surface area (Å²) in [7, 11) is 0. The van der Waals surface area contributed by atoms with E-state index in [2.05, 4.69) is 31.7 Å². The van der Waals surface area contributed by atoms with Crippen LogP contribution in [0.15, 0.2) is 41.1 Å². The highest BCUT2D eigenvalue weighted by Crippen LogP contribution is 2.26. The molecule has 2 aromatic rings. The van der Waals surface area contributed by atoms with E-state index in [1.807, 2.05) is 0 Å². The first-order chi connectivity index (χ1) is 9.11. The Morgan fingerprint density at radius 3 is 2.84 bits per heavy atom. The third-order valence-corrected chi connectivity index (χ3v) is 3.61. The standard InChI is InChI=1S/C12H10BrClN4O/c13-9-5-7(1-2-10(9)14)17-12(19)8-6-16-4-3-11(8)18-15/h1-6H,15H2,(H,16,18)(H,17,19). The highest BCUT2D eigenvalue weighted by atomic mass is 79.9. The van der Waals surface area contributed by atoms with E-state index in [0.29, 0.717) is 26.4 Å². The molecule has 0 aliphatic heterocycles. The maximum absolute atomic E-state index is 12.1. The first kappa shape index (κ1) is 13.8. The number of nitrogen functional groups attached to an aromatic ring is 1. The van der Waals surface area contributed by atoms with Crippen molar-refractivity contribution < 1.29 is 4.79 Å². The van der Waals surface area contributed by atoms with Gasteiger partial charge < -0.3 is 10.7 Å². The van der Waals surface area contributed by atoms with Crippen LogP contribution in [0.3, 0.4) is 0 Å². The number of rotatable bonds is 3. The first-order valence-corrected chi connectivity index (χ1v) is 6.46. The summed E-state index contributed by atoms with van der Waals surface area (Å²) >= 11 is 9.18. The normalized spacial score (nSPS) is 10.1. The van der Waals surface area contributed by atoms with Crippen LogP contribution in [0.4, 0.5) is 11.4 Å². The van der Waals surface area contributed by atoms with Crippen LogP contribution in [0.25, 0.3) is 0 Å². The molecule has 1 aromatic carbocycles. The summed E-state index contributed by atoms with van der Waals surface area (Å²) in [6, 6.07) is 6.72. The molecule has 1 heterocycles. The van der Waals surface area contributed by atoms with Crippen LogP contribution in [-0.2, 0) is 0 Å². The number of anilines is 2. The van der Waals surface area contributed by atoms with Crippen molar-refractivity contribution in [2.24, 2.45) is 5.84 Å². The highest BCUT2D eigenvalue weighted by Gasteiger charge is 2.11. The van der Waals surface area contributed by atoms with Crippen LogP contribution in [-0.4, -0.2) is 10.9 Å². The molecule has 0 fully saturated rings. The fourth-order valence-electron chi connectivity index (χ4n) is 1.47. The fraction of sp³-hybridized carbons (Fsp3) is 0. The second kappa shape index (κ2) is 6.01. The zero-order valence-corrected chi connectivity index (χ0v) is 12.0. The van der Waals surface area contributed by atoms with E-state index in [0.717, 1.165) is 0 Å². The predicted molar refractivity (Wildman–Crippen MR) is 79.2 cm³/mol. The zero-order valence-electron chi connectivity index (χ0n) is 9.65. The Morgan fingerprint density at radius 2 is 2.16 bits per heavy atom. The van der Waals surface area contributed by atoms with E-state index in [1.165, 1.54) is 6.20 Å². The van der Waals surface area contributed by atoms with E-state index >= 15 is 0 Å². The molecule has 0 saturated heterocycles. The van der Waals surface area contributed by atoms with Gasteiger partial charge in [0.25, 0.3) is 5.91 Å². The lowest BCUT2D eigenvalue weighted by atomic mass is 10.2. The van der Waals surface area contributed by atoms with Gasteiger partial charge in [-0.3, -0.25) is 15.6 Å². The number of pyridine rings is 1. The SMILES string of the molecule is NNc1ccncc1C(=O)Nc1ccc(Cl)c(Br)c1.